The fourth-order valence-electron chi connectivity index (χ4n) is 1.41. The lowest BCUT2D eigenvalue weighted by molar-refractivity contribution is 0.156. The fraction of sp³-hybridized carbons (Fsp3) is 0.500. The highest BCUT2D eigenvalue weighted by Gasteiger charge is 2.02. The molecule has 0 fully saturated rings. The molecule has 1 amide bonds. The van der Waals surface area contributed by atoms with Gasteiger partial charge in [-0.15, -0.1) is 0 Å². The molecule has 18 heavy (non-hydrogen) atoms. The van der Waals surface area contributed by atoms with Gasteiger partial charge >= 0.3 is 6.09 Å². The van der Waals surface area contributed by atoms with Gasteiger partial charge in [-0.1, -0.05) is 17.5 Å². The van der Waals surface area contributed by atoms with Crippen LogP contribution in [0.25, 0.3) is 0 Å². The molecule has 0 atom stereocenters. The van der Waals surface area contributed by atoms with Crippen molar-refractivity contribution in [2.75, 3.05) is 26.9 Å². The molecule has 4 nitrogen and oxygen atoms in total. The Morgan fingerprint density at radius 2 is 2.28 bits per heavy atom. The number of amides is 1. The standard InChI is InChI=1S/C14H19NO3/c1-17-11-7-3-6-10-15-14(16)18-12-13-8-4-2-5-9-13/h2,4,8H,3,6-7,10-12H2,1H3,(H,15,16). The molecule has 4 heteroatoms. The normalized spacial score (nSPS) is 12.4. The molecule has 1 aliphatic carbocycles. The van der Waals surface area contributed by atoms with Crippen molar-refractivity contribution in [3.8, 4) is 0 Å². The summed E-state index contributed by atoms with van der Waals surface area (Å²) in [5.41, 5.74) is 6.49. The van der Waals surface area contributed by atoms with Crippen molar-refractivity contribution in [2.24, 2.45) is 0 Å². The molecule has 1 N–H and O–H groups in total. The van der Waals surface area contributed by atoms with E-state index in [-0.39, 0.29) is 12.7 Å². The van der Waals surface area contributed by atoms with E-state index in [1.54, 1.807) is 13.2 Å². The van der Waals surface area contributed by atoms with E-state index in [2.05, 4.69) is 16.8 Å². The third-order valence-corrected chi connectivity index (χ3v) is 2.36. The zero-order valence-corrected chi connectivity index (χ0v) is 10.7. The second kappa shape index (κ2) is 9.32. The Labute approximate surface area is 108 Å². The number of nitrogens with one attached hydrogen (secondary N) is 1. The number of hydrogen-bond acceptors (Lipinski definition) is 3. The van der Waals surface area contributed by atoms with Gasteiger partial charge in [0, 0.05) is 25.8 Å². The maximum atomic E-state index is 11.3. The van der Waals surface area contributed by atoms with Gasteiger partial charge in [0.1, 0.15) is 6.61 Å². The summed E-state index contributed by atoms with van der Waals surface area (Å²) in [5, 5.41) is 2.70. The molecule has 0 unspecified atom stereocenters. The van der Waals surface area contributed by atoms with Gasteiger partial charge in [-0.25, -0.2) is 4.79 Å². The lowest BCUT2D eigenvalue weighted by Crippen LogP contribution is -2.25. The highest BCUT2D eigenvalue weighted by Crippen LogP contribution is 1.99. The second-order valence-electron chi connectivity index (χ2n) is 3.88. The van der Waals surface area contributed by atoms with Crippen LogP contribution in [0.3, 0.4) is 0 Å². The molecule has 0 spiro atoms. The smallest absolute Gasteiger partial charge is 0.407 e. The third-order valence-electron chi connectivity index (χ3n) is 2.36. The molecule has 0 saturated heterocycles. The topological polar surface area (TPSA) is 47.6 Å². The highest BCUT2D eigenvalue weighted by atomic mass is 16.5. The molecular weight excluding hydrogens is 230 g/mol. The zero-order valence-electron chi connectivity index (χ0n) is 10.7. The van der Waals surface area contributed by atoms with E-state index < -0.39 is 0 Å². The summed E-state index contributed by atoms with van der Waals surface area (Å²) in [6, 6.07) is 0. The Morgan fingerprint density at radius 3 is 3.00 bits per heavy atom. The SMILES string of the molecule is COCCCCCNC(=O)OCC1=C=C=CC=C1. The summed E-state index contributed by atoms with van der Waals surface area (Å²) in [4.78, 5) is 11.3. The lowest BCUT2D eigenvalue weighted by atomic mass is 10.2. The van der Waals surface area contributed by atoms with Gasteiger partial charge in [-0.2, -0.15) is 0 Å². The largest absolute Gasteiger partial charge is 0.444 e. The van der Waals surface area contributed by atoms with Crippen molar-refractivity contribution >= 4 is 6.09 Å². The first-order chi connectivity index (χ1) is 8.83. The third kappa shape index (κ3) is 6.77. The van der Waals surface area contributed by atoms with Crippen LogP contribution >= 0.6 is 0 Å². The number of carbonyl (C=O) groups is 1. The average Bonchev–Trinajstić information content (AvgIpc) is 2.41. The van der Waals surface area contributed by atoms with Crippen LogP contribution in [-0.2, 0) is 9.47 Å². The zero-order chi connectivity index (χ0) is 13.1. The molecule has 1 rings (SSSR count). The number of methoxy groups -OCH3 is 1. The van der Waals surface area contributed by atoms with Gasteiger partial charge in [-0.05, 0) is 31.4 Å². The highest BCUT2D eigenvalue weighted by molar-refractivity contribution is 5.67. The Morgan fingerprint density at radius 1 is 1.39 bits per heavy atom. The molecule has 0 aromatic heterocycles. The minimum absolute atomic E-state index is 0.229. The van der Waals surface area contributed by atoms with Crippen LogP contribution in [0.5, 0.6) is 0 Å². The maximum Gasteiger partial charge on any atom is 0.407 e. The summed E-state index contributed by atoms with van der Waals surface area (Å²) >= 11 is 0. The van der Waals surface area contributed by atoms with Gasteiger partial charge in [0.2, 0.25) is 0 Å². The molecule has 1 aliphatic rings. The Bertz CT molecular complexity index is 386. The number of ether oxygens (including phenoxy) is 2. The van der Waals surface area contributed by atoms with Crippen LogP contribution in [0, 0.1) is 0 Å². The Kier molecular flexibility index (Phi) is 7.42. The summed E-state index contributed by atoms with van der Waals surface area (Å²) in [7, 11) is 1.69. The predicted molar refractivity (Wildman–Crippen MR) is 69.3 cm³/mol. The summed E-state index contributed by atoms with van der Waals surface area (Å²) < 4.78 is 9.97. The quantitative estimate of drug-likeness (QED) is 0.530. The molecule has 98 valence electrons. The Hall–Kier alpha value is -1.73. The average molecular weight is 249 g/mol. The van der Waals surface area contributed by atoms with E-state index in [4.69, 9.17) is 9.47 Å². The summed E-state index contributed by atoms with van der Waals surface area (Å²) in [6.07, 6.45) is 8.03. The molecule has 0 aromatic carbocycles. The first-order valence-corrected chi connectivity index (χ1v) is 6.09. The number of unbranched alkanes of at least 4 members (excludes halogenated alkanes) is 2. The molecule has 0 aromatic rings. The first kappa shape index (κ1) is 14.3. The van der Waals surface area contributed by atoms with Gasteiger partial charge in [0.05, 0.1) is 0 Å². The van der Waals surface area contributed by atoms with Crippen LogP contribution in [0.4, 0.5) is 4.79 Å². The summed E-state index contributed by atoms with van der Waals surface area (Å²) in [5.74, 6) is 0. The van der Waals surface area contributed by atoms with Crippen LogP contribution in [0.1, 0.15) is 19.3 Å². The predicted octanol–water partition coefficient (Wildman–Crippen LogP) is 2.34. The van der Waals surface area contributed by atoms with E-state index in [1.165, 1.54) is 0 Å². The number of carbonyl (C=O) groups excluding carboxylic acids is 1. The van der Waals surface area contributed by atoms with Crippen LogP contribution in [0.2, 0.25) is 0 Å². The van der Waals surface area contributed by atoms with E-state index in [0.717, 1.165) is 31.4 Å². The second-order valence-corrected chi connectivity index (χ2v) is 3.88. The fourth-order valence-corrected chi connectivity index (χ4v) is 1.41. The monoisotopic (exact) mass is 249 g/mol. The van der Waals surface area contributed by atoms with Crippen LogP contribution < -0.4 is 5.32 Å². The van der Waals surface area contributed by atoms with Crippen molar-refractivity contribution in [3.63, 3.8) is 0 Å². The first-order valence-electron chi connectivity index (χ1n) is 6.09. The van der Waals surface area contributed by atoms with Crippen LogP contribution in [-0.4, -0.2) is 33.0 Å². The molecular formula is C14H19NO3. The molecule has 0 bridgehead atoms. The van der Waals surface area contributed by atoms with E-state index in [0.29, 0.717) is 6.54 Å². The minimum atomic E-state index is -0.390. The van der Waals surface area contributed by atoms with E-state index in [9.17, 15) is 4.79 Å². The lowest BCUT2D eigenvalue weighted by Gasteiger charge is -2.06. The van der Waals surface area contributed by atoms with Crippen LogP contribution in [0.15, 0.2) is 35.3 Å². The van der Waals surface area contributed by atoms with Crippen molar-refractivity contribution in [1.29, 1.82) is 0 Å². The summed E-state index contributed by atoms with van der Waals surface area (Å²) in [6.45, 7) is 1.63. The number of hydrogen-bond donors (Lipinski definition) is 1. The van der Waals surface area contributed by atoms with Crippen molar-refractivity contribution in [1.82, 2.24) is 5.32 Å². The van der Waals surface area contributed by atoms with Gasteiger partial charge in [-0.3, -0.25) is 0 Å². The van der Waals surface area contributed by atoms with E-state index >= 15 is 0 Å². The number of alkyl carbamates (subject to hydrolysis) is 1. The minimum Gasteiger partial charge on any atom is -0.444 e. The Balaban J connectivity index is 2.02. The van der Waals surface area contributed by atoms with Gasteiger partial charge < -0.3 is 14.8 Å². The number of rotatable bonds is 8. The molecule has 0 radical (unpaired) electrons. The molecule has 0 heterocycles. The van der Waals surface area contributed by atoms with Crippen molar-refractivity contribution in [2.45, 2.75) is 19.3 Å². The van der Waals surface area contributed by atoms with Crippen molar-refractivity contribution < 1.29 is 14.3 Å². The molecule has 0 aliphatic heterocycles. The van der Waals surface area contributed by atoms with Gasteiger partial charge in [0.25, 0.3) is 0 Å². The molecule has 0 saturated carbocycles. The number of allylic oxidation sites excluding steroid dienone is 2. The maximum absolute atomic E-state index is 11.3. The van der Waals surface area contributed by atoms with Gasteiger partial charge in [0.15, 0.2) is 0 Å². The van der Waals surface area contributed by atoms with Crippen molar-refractivity contribution in [3.05, 3.63) is 35.3 Å². The van der Waals surface area contributed by atoms with E-state index in [1.807, 2.05) is 12.2 Å².